The maximum absolute atomic E-state index is 11.2. The molecule has 0 radical (unpaired) electrons. The zero-order chi connectivity index (χ0) is 9.53. The van der Waals surface area contributed by atoms with Crippen molar-refractivity contribution in [3.05, 3.63) is 0 Å². The van der Waals surface area contributed by atoms with E-state index in [-0.39, 0.29) is 17.0 Å². The van der Waals surface area contributed by atoms with Gasteiger partial charge in [0.05, 0.1) is 13.0 Å². The molecule has 3 rings (SSSR count). The minimum atomic E-state index is -0.101. The van der Waals surface area contributed by atoms with Gasteiger partial charge in [-0.05, 0) is 26.3 Å². The van der Waals surface area contributed by atoms with Crippen LogP contribution in [0.15, 0.2) is 0 Å². The van der Waals surface area contributed by atoms with Crippen LogP contribution in [0.2, 0.25) is 0 Å². The molecule has 2 bridgehead atoms. The van der Waals surface area contributed by atoms with Crippen LogP contribution < -0.4 is 11.1 Å². The number of nitrogens with two attached hydrogens (primary N) is 1. The Hall–Kier alpha value is -0.610. The van der Waals surface area contributed by atoms with Crippen molar-refractivity contribution in [1.82, 2.24) is 5.32 Å². The van der Waals surface area contributed by atoms with Crippen LogP contribution >= 0.6 is 0 Å². The summed E-state index contributed by atoms with van der Waals surface area (Å²) in [6.45, 7) is 0.481. The van der Waals surface area contributed by atoms with Crippen LogP contribution in [0.25, 0.3) is 0 Å². The predicted molar refractivity (Wildman–Crippen MR) is 48.1 cm³/mol. The Bertz CT molecular complexity index is 234. The number of ether oxygens (including phenoxy) is 1. The minimum absolute atomic E-state index is 0.0771. The van der Waals surface area contributed by atoms with E-state index in [2.05, 4.69) is 5.32 Å². The topological polar surface area (TPSA) is 64.3 Å². The SMILES string of the molecule is CNC12CC(=O)OCCC(N)(C1)C2. The lowest BCUT2D eigenvalue weighted by atomic mass is 9.60. The number of hydrogen-bond acceptors (Lipinski definition) is 4. The molecular weight excluding hydrogens is 168 g/mol. The molecule has 3 aliphatic rings. The van der Waals surface area contributed by atoms with Crippen LogP contribution in [0, 0.1) is 0 Å². The summed E-state index contributed by atoms with van der Waals surface area (Å²) < 4.78 is 5.02. The highest BCUT2D eigenvalue weighted by molar-refractivity contribution is 5.71. The molecule has 0 amide bonds. The van der Waals surface area contributed by atoms with Crippen LogP contribution in [0.1, 0.15) is 25.7 Å². The Kier molecular flexibility index (Phi) is 1.85. The molecule has 2 aliphatic heterocycles. The summed E-state index contributed by atoms with van der Waals surface area (Å²) in [6, 6.07) is 0. The van der Waals surface area contributed by atoms with E-state index in [1.54, 1.807) is 0 Å². The maximum atomic E-state index is 11.2. The first-order chi connectivity index (χ1) is 6.08. The van der Waals surface area contributed by atoms with E-state index in [4.69, 9.17) is 10.5 Å². The smallest absolute Gasteiger partial charge is 0.307 e. The molecular formula is C9H16N2O2. The largest absolute Gasteiger partial charge is 0.466 e. The maximum Gasteiger partial charge on any atom is 0.307 e. The zero-order valence-corrected chi connectivity index (χ0v) is 7.93. The lowest BCUT2D eigenvalue weighted by Crippen LogP contribution is -2.69. The molecule has 0 aromatic carbocycles. The number of nitrogens with one attached hydrogen (secondary N) is 1. The molecule has 0 unspecified atom stereocenters. The van der Waals surface area contributed by atoms with E-state index in [9.17, 15) is 4.79 Å². The van der Waals surface area contributed by atoms with Gasteiger partial charge in [0, 0.05) is 11.1 Å². The molecule has 4 heteroatoms. The first-order valence-electron chi connectivity index (χ1n) is 4.71. The molecule has 4 nitrogen and oxygen atoms in total. The first kappa shape index (κ1) is 8.97. The fraction of sp³-hybridized carbons (Fsp3) is 0.889. The summed E-state index contributed by atoms with van der Waals surface area (Å²) in [6.07, 6.45) is 3.04. The summed E-state index contributed by atoms with van der Waals surface area (Å²) >= 11 is 0. The third-order valence-electron chi connectivity index (χ3n) is 3.26. The molecule has 3 fully saturated rings. The van der Waals surface area contributed by atoms with E-state index < -0.39 is 0 Å². The normalized spacial score (nSPS) is 44.3. The van der Waals surface area contributed by atoms with E-state index in [1.165, 1.54) is 0 Å². The van der Waals surface area contributed by atoms with Gasteiger partial charge < -0.3 is 15.8 Å². The number of rotatable bonds is 1. The van der Waals surface area contributed by atoms with Gasteiger partial charge in [0.25, 0.3) is 0 Å². The Labute approximate surface area is 77.8 Å². The molecule has 0 spiro atoms. The summed E-state index contributed by atoms with van der Waals surface area (Å²) in [5, 5.41) is 3.19. The Morgan fingerprint density at radius 2 is 2.23 bits per heavy atom. The van der Waals surface area contributed by atoms with E-state index >= 15 is 0 Å². The van der Waals surface area contributed by atoms with Gasteiger partial charge in [-0.3, -0.25) is 4.79 Å². The summed E-state index contributed by atoms with van der Waals surface area (Å²) in [7, 11) is 1.88. The van der Waals surface area contributed by atoms with E-state index in [1.807, 2.05) is 7.05 Å². The number of carbonyl (C=O) groups is 1. The zero-order valence-electron chi connectivity index (χ0n) is 7.93. The molecule has 0 aromatic rings. The molecule has 0 aromatic heterocycles. The third kappa shape index (κ3) is 1.44. The fourth-order valence-electron chi connectivity index (χ4n) is 2.56. The second-order valence-electron chi connectivity index (χ2n) is 4.39. The van der Waals surface area contributed by atoms with Gasteiger partial charge >= 0.3 is 5.97 Å². The molecule has 0 atom stereocenters. The van der Waals surface area contributed by atoms with Gasteiger partial charge in [0.15, 0.2) is 0 Å². The van der Waals surface area contributed by atoms with E-state index in [0.717, 1.165) is 19.3 Å². The number of esters is 1. The fourth-order valence-corrected chi connectivity index (χ4v) is 2.56. The molecule has 1 saturated carbocycles. The van der Waals surface area contributed by atoms with Crippen LogP contribution in [-0.4, -0.2) is 30.7 Å². The lowest BCUT2D eigenvalue weighted by molar-refractivity contribution is -0.152. The highest BCUT2D eigenvalue weighted by atomic mass is 16.5. The van der Waals surface area contributed by atoms with Gasteiger partial charge in [-0.15, -0.1) is 0 Å². The summed E-state index contributed by atoms with van der Waals surface area (Å²) in [5.41, 5.74) is 5.92. The van der Waals surface area contributed by atoms with Crippen molar-refractivity contribution in [2.75, 3.05) is 13.7 Å². The monoisotopic (exact) mass is 184 g/mol. The Morgan fingerprint density at radius 3 is 2.85 bits per heavy atom. The molecule has 13 heavy (non-hydrogen) atoms. The molecule has 2 saturated heterocycles. The molecule has 1 aliphatic carbocycles. The molecule has 3 N–H and O–H groups in total. The highest BCUT2D eigenvalue weighted by Gasteiger charge is 2.53. The predicted octanol–water partition coefficient (Wildman–Crippen LogP) is -0.227. The van der Waals surface area contributed by atoms with Crippen molar-refractivity contribution in [3.63, 3.8) is 0 Å². The Balaban J connectivity index is 2.11. The van der Waals surface area contributed by atoms with Crippen LogP contribution in [-0.2, 0) is 9.53 Å². The van der Waals surface area contributed by atoms with Crippen molar-refractivity contribution < 1.29 is 9.53 Å². The van der Waals surface area contributed by atoms with Crippen molar-refractivity contribution in [1.29, 1.82) is 0 Å². The van der Waals surface area contributed by atoms with Gasteiger partial charge in [-0.25, -0.2) is 0 Å². The second kappa shape index (κ2) is 2.69. The average Bonchev–Trinajstić information content (AvgIpc) is 1.97. The van der Waals surface area contributed by atoms with Crippen LogP contribution in [0.3, 0.4) is 0 Å². The van der Waals surface area contributed by atoms with Crippen molar-refractivity contribution in [2.24, 2.45) is 5.73 Å². The number of hydrogen-bond donors (Lipinski definition) is 2. The van der Waals surface area contributed by atoms with Crippen LogP contribution in [0.5, 0.6) is 0 Å². The summed E-state index contributed by atoms with van der Waals surface area (Å²) in [5.74, 6) is -0.101. The Morgan fingerprint density at radius 1 is 1.54 bits per heavy atom. The van der Waals surface area contributed by atoms with Gasteiger partial charge in [-0.2, -0.15) is 0 Å². The average molecular weight is 184 g/mol. The van der Waals surface area contributed by atoms with E-state index in [0.29, 0.717) is 13.0 Å². The molecule has 2 heterocycles. The lowest BCUT2D eigenvalue weighted by Gasteiger charge is -2.55. The second-order valence-corrected chi connectivity index (χ2v) is 4.39. The minimum Gasteiger partial charge on any atom is -0.466 e. The van der Waals surface area contributed by atoms with Crippen molar-refractivity contribution >= 4 is 5.97 Å². The number of fused-ring (bicyclic) bond motifs is 4. The molecule has 74 valence electrons. The standard InChI is InChI=1S/C9H16N2O2/c1-11-9-4-7(12)13-3-2-8(10,5-9)6-9/h11H,2-6,10H2,1H3. The summed E-state index contributed by atoms with van der Waals surface area (Å²) in [4.78, 5) is 11.2. The van der Waals surface area contributed by atoms with Gasteiger partial charge in [0.2, 0.25) is 0 Å². The van der Waals surface area contributed by atoms with Gasteiger partial charge in [0.1, 0.15) is 0 Å². The third-order valence-corrected chi connectivity index (χ3v) is 3.26. The first-order valence-corrected chi connectivity index (χ1v) is 4.71. The van der Waals surface area contributed by atoms with Gasteiger partial charge in [-0.1, -0.05) is 0 Å². The number of carbonyl (C=O) groups excluding carboxylic acids is 1. The highest BCUT2D eigenvalue weighted by Crippen LogP contribution is 2.45. The quantitative estimate of drug-likeness (QED) is 0.553. The van der Waals surface area contributed by atoms with Crippen molar-refractivity contribution in [2.45, 2.75) is 36.8 Å². The van der Waals surface area contributed by atoms with Crippen molar-refractivity contribution in [3.8, 4) is 0 Å². The van der Waals surface area contributed by atoms with Crippen LogP contribution in [0.4, 0.5) is 0 Å².